The second-order valence-corrected chi connectivity index (χ2v) is 3.80. The minimum atomic E-state index is 0.320. The Morgan fingerprint density at radius 2 is 1.85 bits per heavy atom. The number of nitrogens with zero attached hydrogens (tertiary/aromatic N) is 1. The zero-order valence-electron chi connectivity index (χ0n) is 8.84. The summed E-state index contributed by atoms with van der Waals surface area (Å²) >= 11 is 0. The summed E-state index contributed by atoms with van der Waals surface area (Å²) in [5.41, 5.74) is 1.34. The number of ketones is 1. The van der Waals surface area contributed by atoms with Crippen LogP contribution < -0.4 is 0 Å². The van der Waals surface area contributed by atoms with Gasteiger partial charge in [-0.2, -0.15) is 0 Å². The molecule has 0 aliphatic carbocycles. The van der Waals surface area contributed by atoms with E-state index < -0.39 is 0 Å². The summed E-state index contributed by atoms with van der Waals surface area (Å²) in [6.07, 6.45) is 4.19. The number of rotatable bonds is 2. The Hall–Kier alpha value is -0.790. The molecule has 2 nitrogen and oxygen atoms in total. The Kier molecular flexibility index (Phi) is 3.52. The third kappa shape index (κ3) is 2.58. The molecule has 1 aliphatic heterocycles. The summed E-state index contributed by atoms with van der Waals surface area (Å²) < 4.78 is 0. The van der Waals surface area contributed by atoms with Crippen LogP contribution in [0.4, 0.5) is 0 Å². The first-order valence-corrected chi connectivity index (χ1v) is 5.03. The van der Waals surface area contributed by atoms with Crippen molar-refractivity contribution in [3.8, 4) is 0 Å². The number of piperidine rings is 1. The summed E-state index contributed by atoms with van der Waals surface area (Å²) in [5.74, 6) is 0.679. The number of carbonyl (C=O) groups is 1. The van der Waals surface area contributed by atoms with Crippen molar-refractivity contribution in [3.05, 3.63) is 11.8 Å². The molecule has 1 heterocycles. The first-order valence-electron chi connectivity index (χ1n) is 5.03. The molecule has 0 spiro atoms. The molecule has 1 saturated heterocycles. The summed E-state index contributed by atoms with van der Waals surface area (Å²) in [4.78, 5) is 13.5. The van der Waals surface area contributed by atoms with Gasteiger partial charge in [0, 0.05) is 24.7 Å². The van der Waals surface area contributed by atoms with Crippen molar-refractivity contribution in [2.24, 2.45) is 5.92 Å². The first-order chi connectivity index (χ1) is 6.15. The zero-order chi connectivity index (χ0) is 9.84. The number of likely N-dealkylation sites (tertiary alicyclic amines) is 1. The van der Waals surface area contributed by atoms with Gasteiger partial charge >= 0.3 is 0 Å². The van der Waals surface area contributed by atoms with E-state index in [1.165, 1.54) is 5.70 Å². The summed E-state index contributed by atoms with van der Waals surface area (Å²) in [6.45, 7) is 7.99. The smallest absolute Gasteiger partial charge is 0.133 e. The quantitative estimate of drug-likeness (QED) is 0.651. The fourth-order valence-corrected chi connectivity index (χ4v) is 1.82. The third-order valence-corrected chi connectivity index (χ3v) is 2.99. The molecule has 0 aromatic carbocycles. The lowest BCUT2D eigenvalue weighted by atomic mass is 9.93. The maximum atomic E-state index is 11.1. The van der Waals surface area contributed by atoms with E-state index in [0.717, 1.165) is 25.9 Å². The highest BCUT2D eigenvalue weighted by molar-refractivity contribution is 5.78. The van der Waals surface area contributed by atoms with Crippen LogP contribution in [0, 0.1) is 5.92 Å². The predicted molar refractivity (Wildman–Crippen MR) is 54.4 cm³/mol. The molecule has 1 fully saturated rings. The number of hydrogen-bond donors (Lipinski definition) is 0. The van der Waals surface area contributed by atoms with Gasteiger partial charge in [0.2, 0.25) is 0 Å². The van der Waals surface area contributed by atoms with E-state index in [1.807, 2.05) is 0 Å². The fraction of sp³-hybridized carbons (Fsp3) is 0.727. The minimum absolute atomic E-state index is 0.320. The Morgan fingerprint density at radius 3 is 2.23 bits per heavy atom. The SMILES string of the molecule is CC=C(C)N1CCC(C(C)=O)CC1. The van der Waals surface area contributed by atoms with Gasteiger partial charge in [-0.1, -0.05) is 6.08 Å². The van der Waals surface area contributed by atoms with E-state index in [9.17, 15) is 4.79 Å². The van der Waals surface area contributed by atoms with Gasteiger partial charge in [0.1, 0.15) is 5.78 Å². The lowest BCUT2D eigenvalue weighted by Gasteiger charge is -2.33. The van der Waals surface area contributed by atoms with E-state index in [0.29, 0.717) is 11.7 Å². The minimum Gasteiger partial charge on any atom is -0.375 e. The molecule has 13 heavy (non-hydrogen) atoms. The summed E-state index contributed by atoms with van der Waals surface area (Å²) in [6, 6.07) is 0. The molecule has 0 aromatic rings. The highest BCUT2D eigenvalue weighted by atomic mass is 16.1. The summed E-state index contributed by atoms with van der Waals surface area (Å²) in [7, 11) is 0. The lowest BCUT2D eigenvalue weighted by molar-refractivity contribution is -0.121. The second kappa shape index (κ2) is 4.45. The van der Waals surface area contributed by atoms with Gasteiger partial charge in [-0.3, -0.25) is 4.79 Å². The van der Waals surface area contributed by atoms with Crippen molar-refractivity contribution < 1.29 is 4.79 Å². The molecule has 0 bridgehead atoms. The fourth-order valence-electron chi connectivity index (χ4n) is 1.82. The van der Waals surface area contributed by atoms with Crippen molar-refractivity contribution >= 4 is 5.78 Å². The van der Waals surface area contributed by atoms with Gasteiger partial charge in [-0.15, -0.1) is 0 Å². The predicted octanol–water partition coefficient (Wildman–Crippen LogP) is 2.21. The standard InChI is InChI=1S/C11H19NO/c1-4-9(2)12-7-5-11(6-8-12)10(3)13/h4,11H,5-8H2,1-3H3. The monoisotopic (exact) mass is 181 g/mol. The van der Waals surface area contributed by atoms with E-state index in [2.05, 4.69) is 24.8 Å². The molecule has 0 radical (unpaired) electrons. The molecule has 1 aliphatic rings. The number of Topliss-reactive ketones (excluding diaryl/α,β-unsaturated/α-hetero) is 1. The van der Waals surface area contributed by atoms with Crippen molar-refractivity contribution in [3.63, 3.8) is 0 Å². The van der Waals surface area contributed by atoms with Crippen LogP contribution in [-0.2, 0) is 4.79 Å². The molecule has 0 amide bonds. The second-order valence-electron chi connectivity index (χ2n) is 3.80. The largest absolute Gasteiger partial charge is 0.375 e. The molecular formula is C11H19NO. The van der Waals surface area contributed by atoms with Crippen LogP contribution in [0.2, 0.25) is 0 Å². The van der Waals surface area contributed by atoms with Gasteiger partial charge in [0.05, 0.1) is 0 Å². The van der Waals surface area contributed by atoms with Crippen LogP contribution in [-0.4, -0.2) is 23.8 Å². The first kappa shape index (κ1) is 10.3. The normalized spacial score (nSPS) is 20.5. The molecule has 0 saturated carbocycles. The average molecular weight is 181 g/mol. The number of allylic oxidation sites excluding steroid dienone is 2. The van der Waals surface area contributed by atoms with Crippen molar-refractivity contribution in [2.45, 2.75) is 33.6 Å². The van der Waals surface area contributed by atoms with Crippen LogP contribution >= 0.6 is 0 Å². The molecule has 2 heteroatoms. The maximum absolute atomic E-state index is 11.1. The van der Waals surface area contributed by atoms with Crippen LogP contribution in [0.1, 0.15) is 33.6 Å². The maximum Gasteiger partial charge on any atom is 0.133 e. The van der Waals surface area contributed by atoms with Gasteiger partial charge in [0.15, 0.2) is 0 Å². The Morgan fingerprint density at radius 1 is 1.31 bits per heavy atom. The molecule has 74 valence electrons. The van der Waals surface area contributed by atoms with E-state index in [1.54, 1.807) is 6.92 Å². The Bertz CT molecular complexity index is 212. The number of carbonyl (C=O) groups excluding carboxylic acids is 1. The van der Waals surface area contributed by atoms with Crippen LogP contribution in [0.25, 0.3) is 0 Å². The van der Waals surface area contributed by atoms with Crippen LogP contribution in [0.5, 0.6) is 0 Å². The topological polar surface area (TPSA) is 20.3 Å². The van der Waals surface area contributed by atoms with Gasteiger partial charge in [0.25, 0.3) is 0 Å². The third-order valence-electron chi connectivity index (χ3n) is 2.99. The van der Waals surface area contributed by atoms with Crippen LogP contribution in [0.15, 0.2) is 11.8 Å². The Labute approximate surface area is 80.6 Å². The molecular weight excluding hydrogens is 162 g/mol. The molecule has 0 unspecified atom stereocenters. The van der Waals surface area contributed by atoms with E-state index in [-0.39, 0.29) is 0 Å². The van der Waals surface area contributed by atoms with Gasteiger partial charge in [-0.05, 0) is 33.6 Å². The molecule has 0 atom stereocenters. The van der Waals surface area contributed by atoms with Crippen molar-refractivity contribution in [1.82, 2.24) is 4.90 Å². The van der Waals surface area contributed by atoms with Crippen LogP contribution in [0.3, 0.4) is 0 Å². The van der Waals surface area contributed by atoms with E-state index >= 15 is 0 Å². The molecule has 1 rings (SSSR count). The lowest BCUT2D eigenvalue weighted by Crippen LogP contribution is -2.34. The van der Waals surface area contributed by atoms with Crippen molar-refractivity contribution in [1.29, 1.82) is 0 Å². The van der Waals surface area contributed by atoms with Gasteiger partial charge in [-0.25, -0.2) is 0 Å². The molecule has 0 aromatic heterocycles. The van der Waals surface area contributed by atoms with E-state index in [4.69, 9.17) is 0 Å². The van der Waals surface area contributed by atoms with Crippen molar-refractivity contribution in [2.75, 3.05) is 13.1 Å². The zero-order valence-corrected chi connectivity index (χ0v) is 8.84. The van der Waals surface area contributed by atoms with Gasteiger partial charge < -0.3 is 4.90 Å². The number of hydrogen-bond acceptors (Lipinski definition) is 2. The highest BCUT2D eigenvalue weighted by Crippen LogP contribution is 2.20. The average Bonchev–Trinajstić information content (AvgIpc) is 2.17. The summed E-state index contributed by atoms with van der Waals surface area (Å²) in [5, 5.41) is 0. The molecule has 0 N–H and O–H groups in total. The highest BCUT2D eigenvalue weighted by Gasteiger charge is 2.21. The Balaban J connectivity index is 2.43.